The molecule has 0 N–H and O–H groups in total. The van der Waals surface area contributed by atoms with Crippen LogP contribution >= 0.6 is 0 Å². The van der Waals surface area contributed by atoms with E-state index in [1.54, 1.807) is 4.68 Å². The second kappa shape index (κ2) is 5.19. The van der Waals surface area contributed by atoms with Gasteiger partial charge in [0.2, 0.25) is 0 Å². The molecule has 7 heteroatoms. The summed E-state index contributed by atoms with van der Waals surface area (Å²) in [5.74, 6) is 0.825. The normalized spacial score (nSPS) is 18.0. The van der Waals surface area contributed by atoms with Crippen LogP contribution in [0.1, 0.15) is 40.6 Å². The van der Waals surface area contributed by atoms with Crippen LogP contribution in [0, 0.1) is 6.92 Å². The van der Waals surface area contributed by atoms with Crippen molar-refractivity contribution in [1.82, 2.24) is 29.3 Å². The van der Waals surface area contributed by atoms with Crippen molar-refractivity contribution in [2.75, 3.05) is 6.54 Å². The van der Waals surface area contributed by atoms with Gasteiger partial charge in [-0.15, -0.1) is 10.2 Å². The Hall–Kier alpha value is -2.70. The molecule has 0 radical (unpaired) electrons. The smallest absolute Gasteiger partial charge is 0.255 e. The molecule has 4 heterocycles. The third kappa shape index (κ3) is 2.28. The lowest BCUT2D eigenvalue weighted by molar-refractivity contribution is 0.0735. The second-order valence-electron chi connectivity index (χ2n) is 6.00. The summed E-state index contributed by atoms with van der Waals surface area (Å²) in [6.07, 6.45) is 7.66. The number of hydrogen-bond donors (Lipinski definition) is 0. The highest BCUT2D eigenvalue weighted by atomic mass is 16.2. The lowest BCUT2D eigenvalue weighted by atomic mass is 10.1. The fourth-order valence-corrected chi connectivity index (χ4v) is 3.27. The molecular weight excluding hydrogens is 292 g/mol. The quantitative estimate of drug-likeness (QED) is 0.723. The van der Waals surface area contributed by atoms with Crippen molar-refractivity contribution in [2.24, 2.45) is 7.05 Å². The fourth-order valence-electron chi connectivity index (χ4n) is 3.27. The zero-order chi connectivity index (χ0) is 16.0. The maximum Gasteiger partial charge on any atom is 0.255 e. The van der Waals surface area contributed by atoms with Gasteiger partial charge in [-0.3, -0.25) is 13.9 Å². The zero-order valence-electron chi connectivity index (χ0n) is 13.2. The Kier molecular flexibility index (Phi) is 3.14. The minimum atomic E-state index is 0.0475. The molecule has 4 rings (SSSR count). The first-order chi connectivity index (χ1) is 11.1. The monoisotopic (exact) mass is 310 g/mol. The standard InChI is InChI=1S/C16H18N6O/c1-11-18-19-15-6-5-12(10-22(11)15)16(23)21-7-3-4-14(21)13-8-17-20(2)9-13/h5-6,8-10,14H,3-4,7H2,1-2H3/t14-/m0/s1. The van der Waals surface area contributed by atoms with E-state index in [1.165, 1.54) is 0 Å². The molecule has 0 spiro atoms. The minimum Gasteiger partial charge on any atom is -0.331 e. The van der Waals surface area contributed by atoms with Gasteiger partial charge in [-0.25, -0.2) is 0 Å². The van der Waals surface area contributed by atoms with Crippen molar-refractivity contribution in [1.29, 1.82) is 0 Å². The summed E-state index contributed by atoms with van der Waals surface area (Å²) in [6, 6.07) is 3.76. The Morgan fingerprint density at radius 3 is 2.91 bits per heavy atom. The van der Waals surface area contributed by atoms with Crippen molar-refractivity contribution in [2.45, 2.75) is 25.8 Å². The molecule has 3 aromatic heterocycles. The van der Waals surface area contributed by atoms with Gasteiger partial charge in [0.05, 0.1) is 17.8 Å². The fraction of sp³-hybridized carbons (Fsp3) is 0.375. The maximum absolute atomic E-state index is 13.0. The number of rotatable bonds is 2. The number of carbonyl (C=O) groups is 1. The number of aryl methyl sites for hydroxylation is 2. The summed E-state index contributed by atoms with van der Waals surface area (Å²) < 4.78 is 3.63. The third-order valence-electron chi connectivity index (χ3n) is 4.44. The highest BCUT2D eigenvalue weighted by Crippen LogP contribution is 2.32. The molecule has 118 valence electrons. The van der Waals surface area contributed by atoms with E-state index in [0.29, 0.717) is 5.56 Å². The van der Waals surface area contributed by atoms with E-state index in [4.69, 9.17) is 0 Å². The number of amides is 1. The van der Waals surface area contributed by atoms with Crippen LogP contribution < -0.4 is 0 Å². The molecule has 0 unspecified atom stereocenters. The van der Waals surface area contributed by atoms with Crippen LogP contribution in [0.4, 0.5) is 0 Å². The van der Waals surface area contributed by atoms with Gasteiger partial charge in [0.1, 0.15) is 5.82 Å². The molecule has 1 atom stereocenters. The van der Waals surface area contributed by atoms with Gasteiger partial charge in [0.15, 0.2) is 5.65 Å². The van der Waals surface area contributed by atoms with Gasteiger partial charge in [0.25, 0.3) is 5.91 Å². The summed E-state index contributed by atoms with van der Waals surface area (Å²) in [5, 5.41) is 12.3. The van der Waals surface area contributed by atoms with Gasteiger partial charge in [-0.1, -0.05) is 0 Å². The molecule has 1 fully saturated rings. The van der Waals surface area contributed by atoms with Gasteiger partial charge in [0, 0.05) is 31.5 Å². The van der Waals surface area contributed by atoms with Crippen molar-refractivity contribution in [3.05, 3.63) is 47.7 Å². The molecule has 0 aliphatic carbocycles. The molecule has 1 amide bonds. The molecule has 0 saturated carbocycles. The number of carbonyl (C=O) groups excluding carboxylic acids is 1. The average molecular weight is 310 g/mol. The predicted molar refractivity (Wildman–Crippen MR) is 83.9 cm³/mol. The Balaban J connectivity index is 1.67. The van der Waals surface area contributed by atoms with Gasteiger partial charge in [-0.2, -0.15) is 5.10 Å². The average Bonchev–Trinajstić information content (AvgIpc) is 3.26. The van der Waals surface area contributed by atoms with Crippen LogP contribution in [0.2, 0.25) is 0 Å². The summed E-state index contributed by atoms with van der Waals surface area (Å²) in [5.41, 5.74) is 2.51. The lowest BCUT2D eigenvalue weighted by Gasteiger charge is -2.24. The summed E-state index contributed by atoms with van der Waals surface area (Å²) >= 11 is 0. The van der Waals surface area contributed by atoms with Gasteiger partial charge in [-0.05, 0) is 31.9 Å². The van der Waals surface area contributed by atoms with Gasteiger partial charge < -0.3 is 4.90 Å². The number of fused-ring (bicyclic) bond motifs is 1. The van der Waals surface area contributed by atoms with E-state index in [2.05, 4.69) is 15.3 Å². The van der Waals surface area contributed by atoms with E-state index in [-0.39, 0.29) is 11.9 Å². The molecule has 3 aromatic rings. The topological polar surface area (TPSA) is 68.3 Å². The van der Waals surface area contributed by atoms with Crippen LogP contribution in [0.5, 0.6) is 0 Å². The summed E-state index contributed by atoms with van der Waals surface area (Å²) in [4.78, 5) is 14.9. The van der Waals surface area contributed by atoms with Crippen molar-refractivity contribution in [3.63, 3.8) is 0 Å². The second-order valence-corrected chi connectivity index (χ2v) is 6.00. The van der Waals surface area contributed by atoms with Crippen LogP contribution in [0.25, 0.3) is 5.65 Å². The van der Waals surface area contributed by atoms with Crippen molar-refractivity contribution in [3.8, 4) is 0 Å². The molecule has 23 heavy (non-hydrogen) atoms. The van der Waals surface area contributed by atoms with Crippen molar-refractivity contribution < 1.29 is 4.79 Å². The van der Waals surface area contributed by atoms with Crippen LogP contribution in [0.15, 0.2) is 30.7 Å². The number of hydrogen-bond acceptors (Lipinski definition) is 4. The van der Waals surface area contributed by atoms with E-state index in [9.17, 15) is 4.79 Å². The number of aromatic nitrogens is 5. The van der Waals surface area contributed by atoms with Crippen molar-refractivity contribution >= 4 is 11.6 Å². The largest absolute Gasteiger partial charge is 0.331 e. The molecular formula is C16H18N6O. The number of likely N-dealkylation sites (tertiary alicyclic amines) is 1. The minimum absolute atomic E-state index is 0.0475. The Morgan fingerprint density at radius 1 is 1.26 bits per heavy atom. The first-order valence-corrected chi connectivity index (χ1v) is 7.74. The molecule has 0 bridgehead atoms. The van der Waals surface area contributed by atoms with E-state index in [1.807, 2.05) is 54.0 Å². The molecule has 1 aliphatic heterocycles. The van der Waals surface area contributed by atoms with Crippen LogP contribution in [-0.2, 0) is 7.05 Å². The van der Waals surface area contributed by atoms with Crippen LogP contribution in [0.3, 0.4) is 0 Å². The number of pyridine rings is 1. The molecule has 7 nitrogen and oxygen atoms in total. The Morgan fingerprint density at radius 2 is 2.13 bits per heavy atom. The van der Waals surface area contributed by atoms with E-state index in [0.717, 1.165) is 36.4 Å². The zero-order valence-corrected chi connectivity index (χ0v) is 13.2. The SMILES string of the molecule is Cc1nnc2ccc(C(=O)N3CCC[C@H]3c3cnn(C)c3)cn12. The summed E-state index contributed by atoms with van der Waals surface area (Å²) in [7, 11) is 1.90. The lowest BCUT2D eigenvalue weighted by Crippen LogP contribution is -2.30. The Labute approximate surface area is 133 Å². The number of nitrogens with zero attached hydrogens (tertiary/aromatic N) is 6. The predicted octanol–water partition coefficient (Wildman–Crippen LogP) is 1.75. The highest BCUT2D eigenvalue weighted by Gasteiger charge is 2.31. The molecule has 1 saturated heterocycles. The summed E-state index contributed by atoms with van der Waals surface area (Å²) in [6.45, 7) is 2.65. The van der Waals surface area contributed by atoms with E-state index >= 15 is 0 Å². The first-order valence-electron chi connectivity index (χ1n) is 7.74. The molecule has 1 aliphatic rings. The Bertz CT molecular complexity index is 880. The van der Waals surface area contributed by atoms with E-state index < -0.39 is 0 Å². The third-order valence-corrected chi connectivity index (χ3v) is 4.44. The highest BCUT2D eigenvalue weighted by molar-refractivity contribution is 5.94. The van der Waals surface area contributed by atoms with Gasteiger partial charge >= 0.3 is 0 Å². The van der Waals surface area contributed by atoms with Crippen LogP contribution in [-0.4, -0.2) is 41.7 Å². The first kappa shape index (κ1) is 13.9. The molecule has 0 aromatic carbocycles. The maximum atomic E-state index is 13.0.